The van der Waals surface area contributed by atoms with Crippen LogP contribution in [0.25, 0.3) is 0 Å². The Kier molecular flexibility index (Phi) is 4.97. The van der Waals surface area contributed by atoms with Crippen molar-refractivity contribution in [1.82, 2.24) is 15.2 Å². The van der Waals surface area contributed by atoms with Gasteiger partial charge in [-0.15, -0.1) is 0 Å². The lowest BCUT2D eigenvalue weighted by atomic mass is 10.0. The number of carboxylic acid groups (broad SMARTS) is 1. The average molecular weight is 339 g/mol. The number of hydrogen-bond donors (Lipinski definition) is 2. The number of amides is 2. The minimum atomic E-state index is -0.963. The SMILES string of the molecule is Cc1nc2c(cc1C(=O)O)CCN(C(=O)NCc1ccccc1)CC2. The number of aryl methyl sites for hydroxylation is 1. The summed E-state index contributed by atoms with van der Waals surface area (Å²) >= 11 is 0. The smallest absolute Gasteiger partial charge is 0.337 e. The van der Waals surface area contributed by atoms with Crippen LogP contribution in [-0.4, -0.2) is 40.1 Å². The number of benzene rings is 1. The fraction of sp³-hybridized carbons (Fsp3) is 0.316. The summed E-state index contributed by atoms with van der Waals surface area (Å²) in [7, 11) is 0. The third kappa shape index (κ3) is 3.96. The second kappa shape index (κ2) is 7.34. The van der Waals surface area contributed by atoms with Crippen molar-refractivity contribution in [2.75, 3.05) is 13.1 Å². The van der Waals surface area contributed by atoms with Gasteiger partial charge in [-0.2, -0.15) is 0 Å². The quantitative estimate of drug-likeness (QED) is 0.899. The van der Waals surface area contributed by atoms with E-state index in [1.54, 1.807) is 17.9 Å². The minimum Gasteiger partial charge on any atom is -0.478 e. The van der Waals surface area contributed by atoms with Gasteiger partial charge in [0.1, 0.15) is 0 Å². The highest BCUT2D eigenvalue weighted by atomic mass is 16.4. The second-order valence-corrected chi connectivity index (χ2v) is 6.16. The van der Waals surface area contributed by atoms with Gasteiger partial charge in [0.25, 0.3) is 0 Å². The van der Waals surface area contributed by atoms with E-state index in [-0.39, 0.29) is 11.6 Å². The summed E-state index contributed by atoms with van der Waals surface area (Å²) in [5, 5.41) is 12.2. The largest absolute Gasteiger partial charge is 0.478 e. The van der Waals surface area contributed by atoms with E-state index in [0.717, 1.165) is 16.8 Å². The van der Waals surface area contributed by atoms with Gasteiger partial charge in [-0.25, -0.2) is 9.59 Å². The molecule has 130 valence electrons. The zero-order valence-electron chi connectivity index (χ0n) is 14.2. The molecule has 2 heterocycles. The van der Waals surface area contributed by atoms with E-state index < -0.39 is 5.97 Å². The van der Waals surface area contributed by atoms with Gasteiger partial charge < -0.3 is 15.3 Å². The Morgan fingerprint density at radius 3 is 2.64 bits per heavy atom. The highest BCUT2D eigenvalue weighted by molar-refractivity contribution is 5.89. The molecule has 0 saturated carbocycles. The summed E-state index contributed by atoms with van der Waals surface area (Å²) in [6.07, 6.45) is 1.25. The van der Waals surface area contributed by atoms with Crippen LogP contribution in [0.3, 0.4) is 0 Å². The number of nitrogens with one attached hydrogen (secondary N) is 1. The normalized spacial score (nSPS) is 13.7. The first-order valence-corrected chi connectivity index (χ1v) is 8.34. The molecule has 0 spiro atoms. The van der Waals surface area contributed by atoms with Crippen LogP contribution in [0, 0.1) is 6.92 Å². The fourth-order valence-electron chi connectivity index (χ4n) is 3.04. The average Bonchev–Trinajstić information content (AvgIpc) is 2.82. The highest BCUT2D eigenvalue weighted by Crippen LogP contribution is 2.18. The Morgan fingerprint density at radius 1 is 1.20 bits per heavy atom. The van der Waals surface area contributed by atoms with Crippen molar-refractivity contribution in [2.24, 2.45) is 0 Å². The summed E-state index contributed by atoms with van der Waals surface area (Å²) < 4.78 is 0. The maximum Gasteiger partial charge on any atom is 0.337 e. The first-order chi connectivity index (χ1) is 12.0. The van der Waals surface area contributed by atoms with Gasteiger partial charge in [0, 0.05) is 31.7 Å². The molecule has 2 amide bonds. The molecule has 0 radical (unpaired) electrons. The maximum atomic E-state index is 12.4. The predicted molar refractivity (Wildman–Crippen MR) is 93.6 cm³/mol. The number of aromatic nitrogens is 1. The summed E-state index contributed by atoms with van der Waals surface area (Å²) in [4.78, 5) is 29.9. The molecule has 0 fully saturated rings. The molecule has 2 N–H and O–H groups in total. The van der Waals surface area contributed by atoms with Crippen molar-refractivity contribution in [1.29, 1.82) is 0 Å². The monoisotopic (exact) mass is 339 g/mol. The van der Waals surface area contributed by atoms with Gasteiger partial charge in [0.2, 0.25) is 0 Å². The van der Waals surface area contributed by atoms with E-state index in [0.29, 0.717) is 38.2 Å². The third-order valence-corrected chi connectivity index (χ3v) is 4.46. The molecule has 0 bridgehead atoms. The van der Waals surface area contributed by atoms with Crippen LogP contribution >= 0.6 is 0 Å². The van der Waals surface area contributed by atoms with Gasteiger partial charge >= 0.3 is 12.0 Å². The topological polar surface area (TPSA) is 82.5 Å². The Morgan fingerprint density at radius 2 is 1.92 bits per heavy atom. The number of pyridine rings is 1. The van der Waals surface area contributed by atoms with E-state index in [2.05, 4.69) is 10.3 Å². The van der Waals surface area contributed by atoms with Crippen LogP contribution in [-0.2, 0) is 19.4 Å². The van der Waals surface area contributed by atoms with Crippen molar-refractivity contribution in [3.05, 3.63) is 64.5 Å². The molecule has 1 aliphatic rings. The zero-order valence-corrected chi connectivity index (χ0v) is 14.2. The lowest BCUT2D eigenvalue weighted by molar-refractivity contribution is 0.0695. The van der Waals surface area contributed by atoms with Crippen LogP contribution < -0.4 is 5.32 Å². The Labute approximate surface area is 146 Å². The minimum absolute atomic E-state index is 0.105. The molecule has 0 aliphatic carbocycles. The van der Waals surface area contributed by atoms with Gasteiger partial charge in [-0.3, -0.25) is 4.98 Å². The van der Waals surface area contributed by atoms with Crippen molar-refractivity contribution in [2.45, 2.75) is 26.3 Å². The summed E-state index contributed by atoms with van der Waals surface area (Å²) in [6, 6.07) is 11.4. The number of carbonyl (C=O) groups is 2. The standard InChI is InChI=1S/C19H21N3O3/c1-13-16(18(23)24)11-15-7-9-22(10-8-17(15)21-13)19(25)20-12-14-5-3-2-4-6-14/h2-6,11H,7-10,12H2,1H3,(H,20,25)(H,23,24). The van der Waals surface area contributed by atoms with E-state index in [9.17, 15) is 14.7 Å². The van der Waals surface area contributed by atoms with Crippen molar-refractivity contribution in [3.63, 3.8) is 0 Å². The molecular formula is C19H21N3O3. The molecule has 3 rings (SSSR count). The van der Waals surface area contributed by atoms with Crippen LogP contribution in [0.2, 0.25) is 0 Å². The number of nitrogens with zero attached hydrogens (tertiary/aromatic N) is 2. The molecule has 1 aromatic heterocycles. The number of aromatic carboxylic acids is 1. The van der Waals surface area contributed by atoms with Crippen molar-refractivity contribution < 1.29 is 14.7 Å². The van der Waals surface area contributed by atoms with Crippen LogP contribution in [0.5, 0.6) is 0 Å². The molecule has 1 aliphatic heterocycles. The molecule has 1 aromatic carbocycles. The first kappa shape index (κ1) is 17.0. The number of rotatable bonds is 3. The first-order valence-electron chi connectivity index (χ1n) is 8.34. The molecule has 0 atom stereocenters. The van der Waals surface area contributed by atoms with Gasteiger partial charge in [-0.05, 0) is 30.5 Å². The van der Waals surface area contributed by atoms with Gasteiger partial charge in [0.05, 0.1) is 11.3 Å². The van der Waals surface area contributed by atoms with Crippen LogP contribution in [0.15, 0.2) is 36.4 Å². The molecular weight excluding hydrogens is 318 g/mol. The van der Waals surface area contributed by atoms with E-state index in [1.165, 1.54) is 0 Å². The summed E-state index contributed by atoms with van der Waals surface area (Å²) in [5.41, 5.74) is 3.62. The molecule has 2 aromatic rings. The van der Waals surface area contributed by atoms with Crippen molar-refractivity contribution >= 4 is 12.0 Å². The second-order valence-electron chi connectivity index (χ2n) is 6.16. The maximum absolute atomic E-state index is 12.4. The number of hydrogen-bond acceptors (Lipinski definition) is 3. The summed E-state index contributed by atoms with van der Waals surface area (Å²) in [5.74, 6) is -0.963. The lowest BCUT2D eigenvalue weighted by Gasteiger charge is -2.20. The van der Waals surface area contributed by atoms with Crippen LogP contribution in [0.4, 0.5) is 4.79 Å². The number of carbonyl (C=O) groups excluding carboxylic acids is 1. The Balaban J connectivity index is 1.65. The fourth-order valence-corrected chi connectivity index (χ4v) is 3.04. The Hall–Kier alpha value is -2.89. The predicted octanol–water partition coefficient (Wildman–Crippen LogP) is 2.40. The third-order valence-electron chi connectivity index (χ3n) is 4.46. The zero-order chi connectivity index (χ0) is 17.8. The van der Waals surface area contributed by atoms with E-state index in [1.807, 2.05) is 30.3 Å². The van der Waals surface area contributed by atoms with Gasteiger partial charge in [-0.1, -0.05) is 30.3 Å². The van der Waals surface area contributed by atoms with E-state index in [4.69, 9.17) is 0 Å². The van der Waals surface area contributed by atoms with E-state index >= 15 is 0 Å². The summed E-state index contributed by atoms with van der Waals surface area (Å²) in [6.45, 7) is 3.33. The molecule has 6 nitrogen and oxygen atoms in total. The van der Waals surface area contributed by atoms with Crippen LogP contribution in [0.1, 0.15) is 32.9 Å². The number of fused-ring (bicyclic) bond motifs is 1. The van der Waals surface area contributed by atoms with Gasteiger partial charge in [0.15, 0.2) is 0 Å². The Bertz CT molecular complexity index is 790. The lowest BCUT2D eigenvalue weighted by Crippen LogP contribution is -2.41. The van der Waals surface area contributed by atoms with Crippen molar-refractivity contribution in [3.8, 4) is 0 Å². The number of carboxylic acids is 1. The molecule has 6 heteroatoms. The molecule has 0 unspecified atom stereocenters. The highest BCUT2D eigenvalue weighted by Gasteiger charge is 2.21. The molecule has 0 saturated heterocycles. The number of urea groups is 1. The molecule has 25 heavy (non-hydrogen) atoms.